The molecule has 2 aliphatic carbocycles. The number of benzene rings is 1. The molecule has 6 rings (SSSR count). The first-order chi connectivity index (χ1) is 19.5. The van der Waals surface area contributed by atoms with Crippen molar-refractivity contribution in [3.8, 4) is 6.07 Å². The van der Waals surface area contributed by atoms with Crippen LogP contribution in [-0.2, 0) is 22.9 Å². The van der Waals surface area contributed by atoms with Gasteiger partial charge in [-0.3, -0.25) is 0 Å². The van der Waals surface area contributed by atoms with Crippen molar-refractivity contribution >= 4 is 43.5 Å². The highest BCUT2D eigenvalue weighted by molar-refractivity contribution is 7.89. The van der Waals surface area contributed by atoms with E-state index in [9.17, 15) is 26.9 Å². The fourth-order valence-corrected chi connectivity index (χ4v) is 9.33. The van der Waals surface area contributed by atoms with Crippen LogP contribution in [0.4, 0.5) is 19.0 Å². The smallest absolute Gasteiger partial charge is 0.354 e. The molecule has 3 aliphatic rings. The molecule has 1 saturated heterocycles. The second kappa shape index (κ2) is 10.7. The van der Waals surface area contributed by atoms with E-state index in [0.717, 1.165) is 48.1 Å². The Bertz CT molecular complexity index is 1670. The number of nitriles is 1. The van der Waals surface area contributed by atoms with Gasteiger partial charge in [-0.15, -0.1) is 11.3 Å². The Labute approximate surface area is 241 Å². The van der Waals surface area contributed by atoms with E-state index in [-0.39, 0.29) is 21.7 Å². The van der Waals surface area contributed by atoms with E-state index in [1.807, 2.05) is 4.90 Å². The lowest BCUT2D eigenvalue weighted by molar-refractivity contribution is -0.126. The van der Waals surface area contributed by atoms with Crippen LogP contribution in [-0.4, -0.2) is 43.7 Å². The topological polar surface area (TPSA) is 99.0 Å². The Hall–Kier alpha value is -3.01. The van der Waals surface area contributed by atoms with Gasteiger partial charge in [-0.2, -0.15) is 18.4 Å². The van der Waals surface area contributed by atoms with Gasteiger partial charge >= 0.3 is 6.18 Å². The molecule has 0 radical (unpaired) electrons. The van der Waals surface area contributed by atoms with Crippen LogP contribution in [0.1, 0.15) is 53.7 Å². The summed E-state index contributed by atoms with van der Waals surface area (Å²) in [5, 5.41) is 9.89. The molecule has 2 fully saturated rings. The van der Waals surface area contributed by atoms with Gasteiger partial charge in [0.15, 0.2) is 0 Å². The van der Waals surface area contributed by atoms with Crippen LogP contribution in [0.3, 0.4) is 0 Å². The van der Waals surface area contributed by atoms with Crippen molar-refractivity contribution in [3.63, 3.8) is 0 Å². The first kappa shape index (κ1) is 28.1. The lowest BCUT2D eigenvalue weighted by Gasteiger charge is -2.31. The lowest BCUT2D eigenvalue weighted by Crippen LogP contribution is -2.43. The number of nitrogens with zero attached hydrogens (tertiary/aromatic N) is 4. The number of aromatic nitrogens is 2. The average Bonchev–Trinajstić information content (AvgIpc) is 3.64. The Morgan fingerprint density at radius 2 is 1.95 bits per heavy atom. The van der Waals surface area contributed by atoms with Crippen molar-refractivity contribution in [2.75, 3.05) is 18.0 Å². The number of hydrogen-bond acceptors (Lipinski definition) is 7. The van der Waals surface area contributed by atoms with Crippen molar-refractivity contribution in [3.05, 3.63) is 51.7 Å². The summed E-state index contributed by atoms with van der Waals surface area (Å²) >= 11 is 1.01. The third-order valence-corrected chi connectivity index (χ3v) is 11.3. The summed E-state index contributed by atoms with van der Waals surface area (Å²) in [6.45, 7) is 2.70. The van der Waals surface area contributed by atoms with E-state index in [0.29, 0.717) is 52.6 Å². The first-order valence-electron chi connectivity index (χ1n) is 13.8. The second-order valence-corrected chi connectivity index (χ2v) is 14.1. The summed E-state index contributed by atoms with van der Waals surface area (Å²) in [4.78, 5) is 11.6. The fourth-order valence-electron chi connectivity index (χ4n) is 6.77. The van der Waals surface area contributed by atoms with Crippen molar-refractivity contribution in [1.29, 1.82) is 5.26 Å². The molecular formula is C29H30F3N5O2S2. The van der Waals surface area contributed by atoms with Crippen LogP contribution in [0.5, 0.6) is 0 Å². The number of anilines is 1. The van der Waals surface area contributed by atoms with Gasteiger partial charge in [0.1, 0.15) is 17.0 Å². The monoisotopic (exact) mass is 601 g/mol. The zero-order chi connectivity index (χ0) is 28.9. The molecule has 3 heterocycles. The number of halogens is 3. The van der Waals surface area contributed by atoms with Crippen molar-refractivity contribution in [2.24, 2.45) is 11.8 Å². The van der Waals surface area contributed by atoms with Gasteiger partial charge in [0.05, 0.1) is 22.8 Å². The Morgan fingerprint density at radius 3 is 2.68 bits per heavy atom. The number of nitrogens with one attached hydrogen (secondary N) is 1. The van der Waals surface area contributed by atoms with Crippen molar-refractivity contribution in [1.82, 2.24) is 14.7 Å². The van der Waals surface area contributed by atoms with Crippen molar-refractivity contribution < 1.29 is 21.6 Å². The number of alkyl halides is 3. The summed E-state index contributed by atoms with van der Waals surface area (Å²) in [5.41, 5.74) is 2.96. The highest BCUT2D eigenvalue weighted by Crippen LogP contribution is 2.40. The van der Waals surface area contributed by atoms with E-state index in [2.05, 4.69) is 20.8 Å². The van der Waals surface area contributed by atoms with Gasteiger partial charge in [-0.25, -0.2) is 23.1 Å². The molecule has 2 atom stereocenters. The maximum absolute atomic E-state index is 13.8. The Morgan fingerprint density at radius 1 is 1.17 bits per heavy atom. The Kier molecular flexibility index (Phi) is 7.32. The Balaban J connectivity index is 1.32. The quantitative estimate of drug-likeness (QED) is 0.376. The van der Waals surface area contributed by atoms with Gasteiger partial charge in [0.25, 0.3) is 0 Å². The molecule has 2 aromatic heterocycles. The first-order valence-corrected chi connectivity index (χ1v) is 16.1. The molecule has 0 bridgehead atoms. The van der Waals surface area contributed by atoms with E-state index < -0.39 is 22.6 Å². The van der Waals surface area contributed by atoms with Gasteiger partial charge in [-0.1, -0.05) is 38.2 Å². The third-order valence-electron chi connectivity index (χ3n) is 8.65. The maximum Gasteiger partial charge on any atom is 0.393 e. The molecule has 41 heavy (non-hydrogen) atoms. The normalized spacial score (nSPS) is 21.7. The van der Waals surface area contributed by atoms with Gasteiger partial charge in [0.2, 0.25) is 10.0 Å². The summed E-state index contributed by atoms with van der Waals surface area (Å²) in [6, 6.07) is 6.70. The van der Waals surface area contributed by atoms with Crippen LogP contribution < -0.4 is 9.62 Å². The standard InChI is InChI=1S/C29H30F3N5O2S2/c1-17-22-10-18(13-33)9-20(22)7-8-26(17)41(38,39)36-25-15-37(14-24(25)19-5-3-2-4-6-19)27-23-11-21(12-29(30,31)32)40-28(23)35-16-34-27/h7-8,10-11,16,19,24-25,36H,2-6,9,12,14-15H2,1H3. The molecule has 0 amide bonds. The SMILES string of the molecule is Cc1c(S(=O)(=O)NC2CN(c3ncnc4sc(CC(F)(F)F)cc34)CC2C2CCCCC2)ccc2c1C=C(C#N)C2. The molecule has 1 saturated carbocycles. The number of thiophene rings is 1. The molecule has 216 valence electrons. The lowest BCUT2D eigenvalue weighted by atomic mass is 9.78. The van der Waals surface area contributed by atoms with Gasteiger partial charge < -0.3 is 4.90 Å². The van der Waals surface area contributed by atoms with Crippen LogP contribution in [0.25, 0.3) is 16.3 Å². The second-order valence-electron chi connectivity index (χ2n) is 11.3. The minimum absolute atomic E-state index is 0.0307. The zero-order valence-corrected chi connectivity index (χ0v) is 24.2. The number of sulfonamides is 1. The average molecular weight is 602 g/mol. The molecule has 1 aliphatic heterocycles. The maximum atomic E-state index is 13.8. The number of fused-ring (bicyclic) bond motifs is 2. The highest BCUT2D eigenvalue weighted by Gasteiger charge is 2.42. The van der Waals surface area contributed by atoms with E-state index in [1.165, 1.54) is 18.8 Å². The summed E-state index contributed by atoms with van der Waals surface area (Å²) in [7, 11) is -3.90. The molecule has 1 aromatic carbocycles. The molecule has 3 aromatic rings. The van der Waals surface area contributed by atoms with Crippen molar-refractivity contribution in [2.45, 2.75) is 69.0 Å². The zero-order valence-electron chi connectivity index (χ0n) is 22.5. The predicted molar refractivity (Wildman–Crippen MR) is 152 cm³/mol. The minimum atomic E-state index is -4.32. The van der Waals surface area contributed by atoms with Gasteiger partial charge in [0, 0.05) is 36.0 Å². The molecule has 12 heteroatoms. The van der Waals surface area contributed by atoms with E-state index in [1.54, 1.807) is 25.1 Å². The largest absolute Gasteiger partial charge is 0.393 e. The van der Waals surface area contributed by atoms with Crippen LogP contribution in [0.2, 0.25) is 0 Å². The summed E-state index contributed by atoms with van der Waals surface area (Å²) in [5.74, 6) is 0.914. The van der Waals surface area contributed by atoms with E-state index in [4.69, 9.17) is 0 Å². The van der Waals surface area contributed by atoms with Gasteiger partial charge in [-0.05, 0) is 53.7 Å². The van der Waals surface area contributed by atoms with Crippen LogP contribution in [0, 0.1) is 30.1 Å². The third kappa shape index (κ3) is 5.59. The predicted octanol–water partition coefficient (Wildman–Crippen LogP) is 5.93. The van der Waals surface area contributed by atoms with Crippen LogP contribution >= 0.6 is 11.3 Å². The number of hydrogen-bond donors (Lipinski definition) is 1. The van der Waals surface area contributed by atoms with E-state index >= 15 is 0 Å². The van der Waals surface area contributed by atoms with Crippen LogP contribution in [0.15, 0.2) is 35.0 Å². The summed E-state index contributed by atoms with van der Waals surface area (Å²) in [6.07, 6.45) is 3.69. The fraction of sp³-hybridized carbons (Fsp3) is 0.483. The minimum Gasteiger partial charge on any atom is -0.354 e. The highest BCUT2D eigenvalue weighted by atomic mass is 32.2. The summed E-state index contributed by atoms with van der Waals surface area (Å²) < 4.78 is 70.0. The molecule has 0 spiro atoms. The number of rotatable bonds is 6. The molecule has 7 nitrogen and oxygen atoms in total. The number of allylic oxidation sites excluding steroid dienone is 1. The molecular weight excluding hydrogens is 571 g/mol. The molecule has 1 N–H and O–H groups in total. The molecule has 2 unspecified atom stereocenters.